The summed E-state index contributed by atoms with van der Waals surface area (Å²) in [5.74, 6) is -0.548. The predicted molar refractivity (Wildman–Crippen MR) is 49.2 cm³/mol. The largest absolute Gasteiger partial charge is 0.433 e. The predicted octanol–water partition coefficient (Wildman–Crippen LogP) is 3.23. The first-order valence-electron chi connectivity index (χ1n) is 4.06. The Hall–Kier alpha value is -1.56. The third kappa shape index (κ3) is 1.76. The molecule has 0 saturated carbocycles. The fourth-order valence-corrected chi connectivity index (χ4v) is 1.34. The number of carbonyl (C=O) groups is 1. The number of oxazole rings is 1. The van der Waals surface area contributed by atoms with Crippen LogP contribution >= 0.6 is 11.6 Å². The first-order chi connectivity index (χ1) is 7.39. The highest BCUT2D eigenvalue weighted by molar-refractivity contribution is 6.67. The van der Waals surface area contributed by atoms with Crippen molar-refractivity contribution < 1.29 is 22.4 Å². The van der Waals surface area contributed by atoms with E-state index in [1.165, 1.54) is 12.1 Å². The Kier molecular flexibility index (Phi) is 2.38. The number of aromatic nitrogens is 1. The summed E-state index contributed by atoms with van der Waals surface area (Å²) >= 11 is 5.06. The lowest BCUT2D eigenvalue weighted by Crippen LogP contribution is -2.05. The Morgan fingerprint density at radius 2 is 2.06 bits per heavy atom. The molecule has 0 aliphatic heterocycles. The monoisotopic (exact) mass is 249 g/mol. The van der Waals surface area contributed by atoms with Crippen molar-refractivity contribution in [2.75, 3.05) is 0 Å². The Bertz CT molecular complexity index is 561. The highest BCUT2D eigenvalue weighted by Crippen LogP contribution is 2.34. The van der Waals surface area contributed by atoms with E-state index in [0.717, 1.165) is 6.07 Å². The van der Waals surface area contributed by atoms with Gasteiger partial charge in [0.1, 0.15) is 5.52 Å². The van der Waals surface area contributed by atoms with E-state index >= 15 is 0 Å². The van der Waals surface area contributed by atoms with Crippen LogP contribution < -0.4 is 0 Å². The quantitative estimate of drug-likeness (QED) is 0.729. The molecule has 0 saturated heterocycles. The van der Waals surface area contributed by atoms with Gasteiger partial charge in [0.2, 0.25) is 0 Å². The Morgan fingerprint density at radius 1 is 1.38 bits per heavy atom. The molecule has 16 heavy (non-hydrogen) atoms. The van der Waals surface area contributed by atoms with Gasteiger partial charge in [-0.15, -0.1) is 0 Å². The van der Waals surface area contributed by atoms with Crippen molar-refractivity contribution in [3.8, 4) is 0 Å². The molecule has 7 heteroatoms. The average molecular weight is 250 g/mol. The average Bonchev–Trinajstić information content (AvgIpc) is 2.58. The zero-order chi connectivity index (χ0) is 11.9. The minimum absolute atomic E-state index is 0.126. The molecule has 0 aliphatic carbocycles. The Labute approximate surface area is 91.8 Å². The maximum Gasteiger partial charge on any atom is 0.418 e. The SMILES string of the molecule is O=C(Cl)c1nc2c(C(F)(F)F)cccc2o1. The smallest absolute Gasteiger partial charge is 0.418 e. The van der Waals surface area contributed by atoms with Crippen LogP contribution in [0.5, 0.6) is 0 Å². The summed E-state index contributed by atoms with van der Waals surface area (Å²) in [7, 11) is 0. The van der Waals surface area contributed by atoms with Crippen molar-refractivity contribution in [1.29, 1.82) is 0 Å². The zero-order valence-corrected chi connectivity index (χ0v) is 8.26. The van der Waals surface area contributed by atoms with Gasteiger partial charge >= 0.3 is 11.4 Å². The van der Waals surface area contributed by atoms with Crippen molar-refractivity contribution in [2.24, 2.45) is 0 Å². The summed E-state index contributed by atoms with van der Waals surface area (Å²) < 4.78 is 42.4. The number of para-hydroxylation sites is 1. The van der Waals surface area contributed by atoms with Gasteiger partial charge in [-0.25, -0.2) is 4.98 Å². The van der Waals surface area contributed by atoms with E-state index in [2.05, 4.69) is 4.98 Å². The van der Waals surface area contributed by atoms with Crippen LogP contribution in [0.4, 0.5) is 13.2 Å². The molecule has 0 fully saturated rings. The van der Waals surface area contributed by atoms with Gasteiger partial charge < -0.3 is 4.42 Å². The van der Waals surface area contributed by atoms with Crippen LogP contribution in [0.3, 0.4) is 0 Å². The van der Waals surface area contributed by atoms with Gasteiger partial charge in [0.25, 0.3) is 5.89 Å². The molecule has 1 heterocycles. The molecule has 1 aromatic carbocycles. The summed E-state index contributed by atoms with van der Waals surface area (Å²) in [5, 5.41) is -1.04. The van der Waals surface area contributed by atoms with Crippen molar-refractivity contribution in [3.63, 3.8) is 0 Å². The summed E-state index contributed by atoms with van der Waals surface area (Å²) in [6, 6.07) is 3.30. The van der Waals surface area contributed by atoms with E-state index in [-0.39, 0.29) is 5.58 Å². The molecule has 0 N–H and O–H groups in total. The van der Waals surface area contributed by atoms with Crippen LogP contribution in [0.1, 0.15) is 16.2 Å². The van der Waals surface area contributed by atoms with Crippen LogP contribution in [0.2, 0.25) is 0 Å². The molecule has 2 rings (SSSR count). The molecule has 0 amide bonds. The molecule has 1 aromatic heterocycles. The number of halogens is 4. The van der Waals surface area contributed by atoms with Gasteiger partial charge in [0.15, 0.2) is 5.58 Å². The fourth-order valence-electron chi connectivity index (χ4n) is 1.26. The van der Waals surface area contributed by atoms with Crippen LogP contribution in [-0.4, -0.2) is 10.2 Å². The molecule has 3 nitrogen and oxygen atoms in total. The maximum atomic E-state index is 12.5. The normalized spacial score (nSPS) is 12.0. The van der Waals surface area contributed by atoms with E-state index in [4.69, 9.17) is 16.0 Å². The fraction of sp³-hybridized carbons (Fsp3) is 0.111. The standard InChI is InChI=1S/C9H3ClF3NO2/c10-7(15)8-14-6-4(9(11,12)13)2-1-3-5(6)16-8/h1-3H. The molecule has 0 bridgehead atoms. The minimum Gasteiger partial charge on any atom is -0.433 e. The molecule has 84 valence electrons. The maximum absolute atomic E-state index is 12.5. The molecule has 2 aromatic rings. The topological polar surface area (TPSA) is 43.1 Å². The lowest BCUT2D eigenvalue weighted by Gasteiger charge is -2.05. The molecule has 0 radical (unpaired) electrons. The van der Waals surface area contributed by atoms with Gasteiger partial charge in [-0.2, -0.15) is 13.2 Å². The first-order valence-corrected chi connectivity index (χ1v) is 4.44. The molecular weight excluding hydrogens is 247 g/mol. The number of hydrogen-bond acceptors (Lipinski definition) is 3. The van der Waals surface area contributed by atoms with Gasteiger partial charge in [-0.05, 0) is 23.7 Å². The van der Waals surface area contributed by atoms with E-state index in [9.17, 15) is 18.0 Å². The summed E-state index contributed by atoms with van der Waals surface area (Å²) in [6.45, 7) is 0. The van der Waals surface area contributed by atoms with Gasteiger partial charge in [-0.3, -0.25) is 4.79 Å². The second-order valence-corrected chi connectivity index (χ2v) is 3.29. The van der Waals surface area contributed by atoms with Crippen LogP contribution in [0.25, 0.3) is 11.1 Å². The summed E-state index contributed by atoms with van der Waals surface area (Å²) in [5.41, 5.74) is -1.50. The molecule has 0 spiro atoms. The van der Waals surface area contributed by atoms with Crippen molar-refractivity contribution in [3.05, 3.63) is 29.7 Å². The van der Waals surface area contributed by atoms with Crippen LogP contribution in [0, 0.1) is 0 Å². The van der Waals surface area contributed by atoms with E-state index in [1.807, 2.05) is 0 Å². The minimum atomic E-state index is -4.55. The van der Waals surface area contributed by atoms with E-state index in [1.54, 1.807) is 0 Å². The van der Waals surface area contributed by atoms with Crippen molar-refractivity contribution in [2.45, 2.75) is 6.18 Å². The summed E-state index contributed by atoms with van der Waals surface area (Å²) in [6.07, 6.45) is -4.55. The van der Waals surface area contributed by atoms with Gasteiger partial charge in [-0.1, -0.05) is 6.07 Å². The van der Waals surface area contributed by atoms with E-state index < -0.39 is 28.4 Å². The van der Waals surface area contributed by atoms with Crippen molar-refractivity contribution in [1.82, 2.24) is 4.98 Å². The van der Waals surface area contributed by atoms with Gasteiger partial charge in [0, 0.05) is 0 Å². The number of rotatable bonds is 1. The number of benzene rings is 1. The zero-order valence-electron chi connectivity index (χ0n) is 7.51. The number of nitrogens with zero attached hydrogens (tertiary/aromatic N) is 1. The molecule has 0 unspecified atom stereocenters. The van der Waals surface area contributed by atoms with Crippen LogP contribution in [0.15, 0.2) is 22.6 Å². The number of alkyl halides is 3. The molecular formula is C9H3ClF3NO2. The van der Waals surface area contributed by atoms with Crippen LogP contribution in [-0.2, 0) is 6.18 Å². The number of fused-ring (bicyclic) bond motifs is 1. The lowest BCUT2D eigenvalue weighted by molar-refractivity contribution is -0.136. The van der Waals surface area contributed by atoms with Crippen molar-refractivity contribution >= 4 is 27.9 Å². The third-order valence-corrected chi connectivity index (χ3v) is 2.05. The van der Waals surface area contributed by atoms with Gasteiger partial charge in [0.05, 0.1) is 5.56 Å². The first kappa shape index (κ1) is 10.9. The Morgan fingerprint density at radius 3 is 2.62 bits per heavy atom. The lowest BCUT2D eigenvalue weighted by atomic mass is 10.2. The second kappa shape index (κ2) is 3.48. The number of carbonyl (C=O) groups excluding carboxylic acids is 1. The number of hydrogen-bond donors (Lipinski definition) is 0. The summed E-state index contributed by atoms with van der Waals surface area (Å²) in [4.78, 5) is 14.1. The Balaban J connectivity index is 2.73. The third-order valence-electron chi connectivity index (χ3n) is 1.89. The highest BCUT2D eigenvalue weighted by Gasteiger charge is 2.34. The molecule has 0 atom stereocenters. The molecule has 0 aliphatic rings. The van der Waals surface area contributed by atoms with E-state index in [0.29, 0.717) is 0 Å². The highest BCUT2D eigenvalue weighted by atomic mass is 35.5. The second-order valence-electron chi connectivity index (χ2n) is 2.94.